The molecule has 0 unspecified atom stereocenters. The van der Waals surface area contributed by atoms with Gasteiger partial charge in [0, 0.05) is 5.56 Å². The van der Waals surface area contributed by atoms with E-state index in [1.54, 1.807) is 24.3 Å². The minimum atomic E-state index is -0.430. The van der Waals surface area contributed by atoms with Crippen LogP contribution in [0, 0.1) is 5.82 Å². The highest BCUT2D eigenvalue weighted by atomic mass is 19.1. The highest BCUT2D eigenvalue weighted by Gasteiger charge is 2.06. The number of benzene rings is 3. The zero-order chi connectivity index (χ0) is 16.8. The predicted octanol–water partition coefficient (Wildman–Crippen LogP) is 4.57. The van der Waals surface area contributed by atoms with Crippen molar-refractivity contribution in [1.82, 2.24) is 0 Å². The highest BCUT2D eigenvalue weighted by molar-refractivity contribution is 5.43. The number of hydrogen-bond acceptors (Lipinski definition) is 3. The lowest BCUT2D eigenvalue weighted by Crippen LogP contribution is -2.01. The minimum absolute atomic E-state index is 0.126. The molecule has 24 heavy (non-hydrogen) atoms. The van der Waals surface area contributed by atoms with Crippen LogP contribution in [0.25, 0.3) is 0 Å². The number of nitrogens with two attached hydrogens (primary N) is 1. The molecule has 3 rings (SSSR count). The summed E-state index contributed by atoms with van der Waals surface area (Å²) in [6, 6.07) is 22.1. The second-order valence-electron chi connectivity index (χ2n) is 5.35. The van der Waals surface area contributed by atoms with Gasteiger partial charge in [0.2, 0.25) is 0 Å². The molecule has 0 aliphatic carbocycles. The molecular formula is C20H18FNO2. The van der Waals surface area contributed by atoms with Crippen LogP contribution in [0.5, 0.6) is 11.5 Å². The maximum Gasteiger partial charge on any atom is 0.152 e. The first-order chi connectivity index (χ1) is 11.7. The van der Waals surface area contributed by atoms with Gasteiger partial charge in [-0.3, -0.25) is 0 Å². The molecule has 0 bridgehead atoms. The molecule has 0 spiro atoms. The molecule has 0 aliphatic rings. The second-order valence-corrected chi connectivity index (χ2v) is 5.35. The Morgan fingerprint density at radius 1 is 0.708 bits per heavy atom. The lowest BCUT2D eigenvalue weighted by molar-refractivity contribution is 0.294. The van der Waals surface area contributed by atoms with Gasteiger partial charge >= 0.3 is 0 Å². The Kier molecular flexibility index (Phi) is 4.96. The van der Waals surface area contributed by atoms with Crippen LogP contribution < -0.4 is 15.2 Å². The van der Waals surface area contributed by atoms with Gasteiger partial charge in [0.25, 0.3) is 0 Å². The second kappa shape index (κ2) is 7.51. The van der Waals surface area contributed by atoms with Crippen molar-refractivity contribution in [2.75, 3.05) is 5.73 Å². The monoisotopic (exact) mass is 323 g/mol. The maximum atomic E-state index is 13.8. The summed E-state index contributed by atoms with van der Waals surface area (Å²) in [5.41, 5.74) is 7.21. The van der Waals surface area contributed by atoms with Gasteiger partial charge in [0.05, 0.1) is 5.69 Å². The van der Waals surface area contributed by atoms with Crippen molar-refractivity contribution >= 4 is 5.69 Å². The van der Waals surface area contributed by atoms with Gasteiger partial charge in [-0.15, -0.1) is 0 Å². The molecule has 3 nitrogen and oxygen atoms in total. The van der Waals surface area contributed by atoms with Crippen molar-refractivity contribution in [1.29, 1.82) is 0 Å². The number of rotatable bonds is 6. The summed E-state index contributed by atoms with van der Waals surface area (Å²) in [4.78, 5) is 0. The van der Waals surface area contributed by atoms with Crippen LogP contribution in [-0.4, -0.2) is 0 Å². The van der Waals surface area contributed by atoms with Gasteiger partial charge in [-0.05, 0) is 35.9 Å². The maximum absolute atomic E-state index is 13.8. The van der Waals surface area contributed by atoms with Crippen LogP contribution in [0.1, 0.15) is 11.1 Å². The standard InChI is InChI=1S/C20H18FNO2/c21-20-16(7-4-8-19(20)22)14-24-18-11-9-17(10-12-18)23-13-15-5-2-1-3-6-15/h1-12H,13-14,22H2. The minimum Gasteiger partial charge on any atom is -0.489 e. The Morgan fingerprint density at radius 3 is 2.00 bits per heavy atom. The van der Waals surface area contributed by atoms with Gasteiger partial charge in [-0.2, -0.15) is 0 Å². The third-order valence-electron chi connectivity index (χ3n) is 3.57. The fourth-order valence-corrected chi connectivity index (χ4v) is 2.25. The molecule has 3 aromatic rings. The number of anilines is 1. The van der Waals surface area contributed by atoms with Crippen LogP contribution in [0.15, 0.2) is 72.8 Å². The Hall–Kier alpha value is -3.01. The van der Waals surface area contributed by atoms with Crippen molar-refractivity contribution < 1.29 is 13.9 Å². The molecule has 0 saturated heterocycles. The fourth-order valence-electron chi connectivity index (χ4n) is 2.25. The van der Waals surface area contributed by atoms with E-state index in [1.165, 1.54) is 6.07 Å². The van der Waals surface area contributed by atoms with Crippen molar-refractivity contribution in [3.8, 4) is 11.5 Å². The third kappa shape index (κ3) is 4.04. The smallest absolute Gasteiger partial charge is 0.152 e. The van der Waals surface area contributed by atoms with E-state index >= 15 is 0 Å². The topological polar surface area (TPSA) is 44.5 Å². The van der Waals surface area contributed by atoms with Gasteiger partial charge in [0.15, 0.2) is 5.82 Å². The highest BCUT2D eigenvalue weighted by Crippen LogP contribution is 2.21. The number of nitrogen functional groups attached to an aromatic ring is 1. The first-order valence-electron chi connectivity index (χ1n) is 7.65. The largest absolute Gasteiger partial charge is 0.489 e. The SMILES string of the molecule is Nc1cccc(COc2ccc(OCc3ccccc3)cc2)c1F. The molecule has 0 heterocycles. The van der Waals surface area contributed by atoms with E-state index in [4.69, 9.17) is 15.2 Å². The van der Waals surface area contributed by atoms with Crippen LogP contribution >= 0.6 is 0 Å². The van der Waals surface area contributed by atoms with Crippen LogP contribution in [0.4, 0.5) is 10.1 Å². The van der Waals surface area contributed by atoms with E-state index in [1.807, 2.05) is 42.5 Å². The number of ether oxygens (including phenoxy) is 2. The molecule has 3 aromatic carbocycles. The normalized spacial score (nSPS) is 10.4. The summed E-state index contributed by atoms with van der Waals surface area (Å²) in [7, 11) is 0. The third-order valence-corrected chi connectivity index (χ3v) is 3.57. The number of halogens is 1. The summed E-state index contributed by atoms with van der Waals surface area (Å²) in [5, 5.41) is 0. The zero-order valence-electron chi connectivity index (χ0n) is 13.1. The van der Waals surface area contributed by atoms with E-state index in [2.05, 4.69) is 0 Å². The number of hydrogen-bond donors (Lipinski definition) is 1. The van der Waals surface area contributed by atoms with Crippen molar-refractivity contribution in [2.45, 2.75) is 13.2 Å². The summed E-state index contributed by atoms with van der Waals surface area (Å²) in [5.74, 6) is 0.963. The fraction of sp³-hybridized carbons (Fsp3) is 0.100. The summed E-state index contributed by atoms with van der Waals surface area (Å²) >= 11 is 0. The molecule has 0 radical (unpaired) electrons. The van der Waals surface area contributed by atoms with Crippen LogP contribution in [0.2, 0.25) is 0 Å². The molecule has 0 fully saturated rings. The molecule has 0 atom stereocenters. The van der Waals surface area contributed by atoms with Gasteiger partial charge in [-0.25, -0.2) is 4.39 Å². The summed E-state index contributed by atoms with van der Waals surface area (Å²) < 4.78 is 25.1. The molecule has 2 N–H and O–H groups in total. The van der Waals surface area contributed by atoms with Gasteiger partial charge < -0.3 is 15.2 Å². The Labute approximate surface area is 140 Å². The first kappa shape index (κ1) is 15.9. The lowest BCUT2D eigenvalue weighted by atomic mass is 10.2. The van der Waals surface area contributed by atoms with Crippen molar-refractivity contribution in [3.05, 3.63) is 89.7 Å². The zero-order valence-corrected chi connectivity index (χ0v) is 13.1. The van der Waals surface area contributed by atoms with E-state index in [-0.39, 0.29) is 12.3 Å². The van der Waals surface area contributed by atoms with Crippen molar-refractivity contribution in [2.24, 2.45) is 0 Å². The Morgan fingerprint density at radius 2 is 1.33 bits per heavy atom. The quantitative estimate of drug-likeness (QED) is 0.676. The van der Waals surface area contributed by atoms with Gasteiger partial charge in [0.1, 0.15) is 24.7 Å². The van der Waals surface area contributed by atoms with Crippen LogP contribution in [0.3, 0.4) is 0 Å². The lowest BCUT2D eigenvalue weighted by Gasteiger charge is -2.10. The molecule has 0 aliphatic heterocycles. The molecule has 0 aromatic heterocycles. The molecule has 0 amide bonds. The van der Waals surface area contributed by atoms with E-state index < -0.39 is 5.82 Å². The molecular weight excluding hydrogens is 305 g/mol. The van der Waals surface area contributed by atoms with Crippen LogP contribution in [-0.2, 0) is 13.2 Å². The predicted molar refractivity (Wildman–Crippen MR) is 92.4 cm³/mol. The van der Waals surface area contributed by atoms with E-state index in [9.17, 15) is 4.39 Å². The Bertz CT molecular complexity index is 788. The van der Waals surface area contributed by atoms with Crippen molar-refractivity contribution in [3.63, 3.8) is 0 Å². The molecule has 122 valence electrons. The summed E-state index contributed by atoms with van der Waals surface area (Å²) in [6.07, 6.45) is 0. The molecule has 0 saturated carbocycles. The average molecular weight is 323 g/mol. The first-order valence-corrected chi connectivity index (χ1v) is 7.65. The average Bonchev–Trinajstić information content (AvgIpc) is 2.63. The summed E-state index contributed by atoms with van der Waals surface area (Å²) in [6.45, 7) is 0.636. The van der Waals surface area contributed by atoms with E-state index in [0.717, 1.165) is 11.3 Å². The van der Waals surface area contributed by atoms with Gasteiger partial charge in [-0.1, -0.05) is 42.5 Å². The Balaban J connectivity index is 1.55. The van der Waals surface area contributed by atoms with E-state index in [0.29, 0.717) is 17.9 Å². The molecule has 4 heteroatoms.